The Hall–Kier alpha value is -2.17. The number of hydrogen-bond acceptors (Lipinski definition) is 3. The van der Waals surface area contributed by atoms with Crippen LogP contribution in [0.4, 0.5) is 0 Å². The Morgan fingerprint density at radius 1 is 1.10 bits per heavy atom. The van der Waals surface area contributed by atoms with Gasteiger partial charge in [0.05, 0.1) is 0 Å². The summed E-state index contributed by atoms with van der Waals surface area (Å²) in [4.78, 5) is 31.5. The summed E-state index contributed by atoms with van der Waals surface area (Å²) in [7, 11) is 0. The van der Waals surface area contributed by atoms with Crippen LogP contribution in [0.25, 0.3) is 6.08 Å². The van der Waals surface area contributed by atoms with Gasteiger partial charge in [-0.05, 0) is 23.8 Å². The van der Waals surface area contributed by atoms with Gasteiger partial charge in [0.25, 0.3) is 0 Å². The van der Waals surface area contributed by atoms with E-state index in [2.05, 4.69) is 4.98 Å². The summed E-state index contributed by atoms with van der Waals surface area (Å²) < 4.78 is 0. The van der Waals surface area contributed by atoms with Gasteiger partial charge in [-0.15, -0.1) is 0 Å². The fourth-order valence-corrected chi connectivity index (χ4v) is 2.26. The van der Waals surface area contributed by atoms with E-state index >= 15 is 0 Å². The Kier molecular flexibility index (Phi) is 5.09. The third-order valence-corrected chi connectivity index (χ3v) is 3.52. The molecule has 0 atom stereocenters. The molecule has 21 heavy (non-hydrogen) atoms. The van der Waals surface area contributed by atoms with Gasteiger partial charge in [0.2, 0.25) is 11.8 Å². The van der Waals surface area contributed by atoms with Crippen molar-refractivity contribution in [1.82, 2.24) is 14.8 Å². The number of carbonyl (C=O) groups excluding carboxylic acids is 2. The summed E-state index contributed by atoms with van der Waals surface area (Å²) in [6.07, 6.45) is 6.76. The molecule has 0 radical (unpaired) electrons. The normalized spacial score (nSPS) is 15.8. The number of aromatic nitrogens is 1. The van der Waals surface area contributed by atoms with E-state index in [1.807, 2.05) is 30.9 Å². The SMILES string of the molecule is CC(C)C(=O)N1CCN(C(=O)/C=C/c2ccncc2)CC1. The highest BCUT2D eigenvalue weighted by atomic mass is 16.2. The maximum absolute atomic E-state index is 12.1. The van der Waals surface area contributed by atoms with Crippen molar-refractivity contribution in [2.24, 2.45) is 5.92 Å². The number of piperazine rings is 1. The number of carbonyl (C=O) groups is 2. The first-order valence-corrected chi connectivity index (χ1v) is 7.23. The van der Waals surface area contributed by atoms with Crippen LogP contribution >= 0.6 is 0 Å². The van der Waals surface area contributed by atoms with Gasteiger partial charge < -0.3 is 9.80 Å². The second-order valence-electron chi connectivity index (χ2n) is 5.42. The minimum atomic E-state index is -0.0107. The van der Waals surface area contributed by atoms with Crippen molar-refractivity contribution in [3.8, 4) is 0 Å². The molecule has 0 aromatic carbocycles. The summed E-state index contributed by atoms with van der Waals surface area (Å²) in [6.45, 7) is 6.22. The van der Waals surface area contributed by atoms with Crippen LogP contribution in [0.5, 0.6) is 0 Å². The van der Waals surface area contributed by atoms with Crippen LogP contribution < -0.4 is 0 Å². The van der Waals surface area contributed by atoms with E-state index in [1.54, 1.807) is 29.4 Å². The van der Waals surface area contributed by atoms with Crippen LogP contribution in [-0.4, -0.2) is 52.8 Å². The minimum absolute atomic E-state index is 0.0107. The zero-order valence-corrected chi connectivity index (χ0v) is 12.5. The van der Waals surface area contributed by atoms with Crippen molar-refractivity contribution in [2.45, 2.75) is 13.8 Å². The molecule has 5 heteroatoms. The Labute approximate surface area is 125 Å². The molecule has 1 aliphatic rings. The second kappa shape index (κ2) is 7.02. The van der Waals surface area contributed by atoms with Crippen LogP contribution in [0.2, 0.25) is 0 Å². The highest BCUT2D eigenvalue weighted by molar-refractivity contribution is 5.92. The molecule has 2 rings (SSSR count). The van der Waals surface area contributed by atoms with E-state index in [4.69, 9.17) is 0 Å². The van der Waals surface area contributed by atoms with Crippen LogP contribution in [0.15, 0.2) is 30.6 Å². The predicted molar refractivity (Wildman–Crippen MR) is 81.3 cm³/mol. The third-order valence-electron chi connectivity index (χ3n) is 3.52. The van der Waals surface area contributed by atoms with Gasteiger partial charge in [0.1, 0.15) is 0 Å². The van der Waals surface area contributed by atoms with Crippen LogP contribution in [0, 0.1) is 5.92 Å². The lowest BCUT2D eigenvalue weighted by Crippen LogP contribution is -2.51. The van der Waals surface area contributed by atoms with E-state index in [9.17, 15) is 9.59 Å². The van der Waals surface area contributed by atoms with E-state index in [-0.39, 0.29) is 17.7 Å². The van der Waals surface area contributed by atoms with Crippen molar-refractivity contribution in [1.29, 1.82) is 0 Å². The molecule has 5 nitrogen and oxygen atoms in total. The molecule has 0 aliphatic carbocycles. The second-order valence-corrected chi connectivity index (χ2v) is 5.42. The summed E-state index contributed by atoms with van der Waals surface area (Å²) in [5.74, 6) is 0.164. The number of pyridine rings is 1. The zero-order valence-electron chi connectivity index (χ0n) is 12.5. The molecule has 112 valence electrons. The van der Waals surface area contributed by atoms with E-state index in [0.29, 0.717) is 26.2 Å². The molecule has 0 unspecified atom stereocenters. The van der Waals surface area contributed by atoms with Crippen molar-refractivity contribution in [2.75, 3.05) is 26.2 Å². The summed E-state index contributed by atoms with van der Waals surface area (Å²) in [6, 6.07) is 3.70. The van der Waals surface area contributed by atoms with Gasteiger partial charge in [-0.25, -0.2) is 0 Å². The summed E-state index contributed by atoms with van der Waals surface area (Å²) in [5, 5.41) is 0. The van der Waals surface area contributed by atoms with Crippen molar-refractivity contribution >= 4 is 17.9 Å². The standard InChI is InChI=1S/C16H21N3O2/c1-13(2)16(21)19-11-9-18(10-12-19)15(20)4-3-14-5-7-17-8-6-14/h3-8,13H,9-12H2,1-2H3/b4-3+. The largest absolute Gasteiger partial charge is 0.339 e. The highest BCUT2D eigenvalue weighted by Gasteiger charge is 2.24. The molecule has 0 bridgehead atoms. The fraction of sp³-hybridized carbons (Fsp3) is 0.438. The third kappa shape index (κ3) is 4.15. The van der Waals surface area contributed by atoms with Crippen LogP contribution in [0.1, 0.15) is 19.4 Å². The maximum atomic E-state index is 12.1. The van der Waals surface area contributed by atoms with E-state index in [0.717, 1.165) is 5.56 Å². The molecule has 2 amide bonds. The maximum Gasteiger partial charge on any atom is 0.246 e. The molecule has 0 spiro atoms. The fourth-order valence-electron chi connectivity index (χ4n) is 2.26. The van der Waals surface area contributed by atoms with Gasteiger partial charge in [-0.2, -0.15) is 0 Å². The summed E-state index contributed by atoms with van der Waals surface area (Å²) in [5.41, 5.74) is 0.951. The number of nitrogens with zero attached hydrogens (tertiary/aromatic N) is 3. The van der Waals surface area contributed by atoms with Crippen molar-refractivity contribution in [3.05, 3.63) is 36.2 Å². The first-order valence-electron chi connectivity index (χ1n) is 7.23. The number of hydrogen-bond donors (Lipinski definition) is 0. The highest BCUT2D eigenvalue weighted by Crippen LogP contribution is 2.08. The van der Waals surface area contributed by atoms with E-state index < -0.39 is 0 Å². The first-order chi connectivity index (χ1) is 10.1. The lowest BCUT2D eigenvalue weighted by molar-refractivity contribution is -0.139. The lowest BCUT2D eigenvalue weighted by Gasteiger charge is -2.35. The first kappa shape index (κ1) is 15.2. The topological polar surface area (TPSA) is 53.5 Å². The molecule has 0 N–H and O–H groups in total. The van der Waals surface area contributed by atoms with Crippen LogP contribution in [-0.2, 0) is 9.59 Å². The zero-order chi connectivity index (χ0) is 15.2. The average molecular weight is 287 g/mol. The summed E-state index contributed by atoms with van der Waals surface area (Å²) >= 11 is 0. The van der Waals surface area contributed by atoms with Gasteiger partial charge in [-0.3, -0.25) is 14.6 Å². The smallest absolute Gasteiger partial charge is 0.246 e. The van der Waals surface area contributed by atoms with Crippen molar-refractivity contribution in [3.63, 3.8) is 0 Å². The molecular formula is C16H21N3O2. The van der Waals surface area contributed by atoms with Crippen molar-refractivity contribution < 1.29 is 9.59 Å². The lowest BCUT2D eigenvalue weighted by atomic mass is 10.1. The van der Waals surface area contributed by atoms with Crippen LogP contribution in [0.3, 0.4) is 0 Å². The molecule has 1 aromatic heterocycles. The van der Waals surface area contributed by atoms with Gasteiger partial charge in [0, 0.05) is 50.6 Å². The predicted octanol–water partition coefficient (Wildman–Crippen LogP) is 1.42. The van der Waals surface area contributed by atoms with Gasteiger partial charge >= 0.3 is 0 Å². The average Bonchev–Trinajstić information content (AvgIpc) is 2.53. The molecular weight excluding hydrogens is 266 g/mol. The minimum Gasteiger partial charge on any atom is -0.339 e. The molecule has 2 heterocycles. The quantitative estimate of drug-likeness (QED) is 0.790. The Morgan fingerprint density at radius 2 is 1.67 bits per heavy atom. The molecule has 1 aromatic rings. The monoisotopic (exact) mass is 287 g/mol. The molecule has 1 saturated heterocycles. The van der Waals surface area contributed by atoms with E-state index in [1.165, 1.54) is 0 Å². The Bertz CT molecular complexity index is 518. The van der Waals surface area contributed by atoms with Gasteiger partial charge in [-0.1, -0.05) is 13.8 Å². The molecule has 1 fully saturated rings. The number of amides is 2. The Morgan fingerprint density at radius 3 is 2.24 bits per heavy atom. The Balaban J connectivity index is 1.86. The van der Waals surface area contributed by atoms with Gasteiger partial charge in [0.15, 0.2) is 0 Å². The number of rotatable bonds is 3. The molecule has 1 aliphatic heterocycles. The molecule has 0 saturated carbocycles.